The van der Waals surface area contributed by atoms with Crippen molar-refractivity contribution in [2.24, 2.45) is 4.40 Å². The number of anilines is 2. The molecule has 0 fully saturated rings. The Morgan fingerprint density at radius 1 is 1.00 bits per heavy atom. The quantitative estimate of drug-likeness (QED) is 0.592. The van der Waals surface area contributed by atoms with Gasteiger partial charge in [0.1, 0.15) is 16.3 Å². The summed E-state index contributed by atoms with van der Waals surface area (Å²) in [5.74, 6) is 0.848. The number of nitrogens with zero attached hydrogens (tertiary/aromatic N) is 1. The summed E-state index contributed by atoms with van der Waals surface area (Å²) in [5, 5.41) is 6.46. The molecule has 0 amide bonds. The molecule has 3 aromatic rings. The summed E-state index contributed by atoms with van der Waals surface area (Å²) in [5.41, 5.74) is 2.20. The minimum Gasteiger partial charge on any atom is -0.454 e. The van der Waals surface area contributed by atoms with E-state index >= 15 is 0 Å². The van der Waals surface area contributed by atoms with E-state index in [0.29, 0.717) is 22.2 Å². The van der Waals surface area contributed by atoms with Crippen molar-refractivity contribution in [3.63, 3.8) is 0 Å². The average Bonchev–Trinajstić information content (AvgIpc) is 2.70. The van der Waals surface area contributed by atoms with Gasteiger partial charge in [-0.15, -0.1) is 4.40 Å². The van der Waals surface area contributed by atoms with Crippen LogP contribution in [0, 0.1) is 0 Å². The normalized spacial score (nSPS) is 14.3. The van der Waals surface area contributed by atoms with Crippen LogP contribution in [0.1, 0.15) is 12.5 Å². The molecule has 0 spiro atoms. The zero-order valence-corrected chi connectivity index (χ0v) is 17.1. The number of guanidine groups is 1. The van der Waals surface area contributed by atoms with Gasteiger partial charge in [-0.2, -0.15) is 8.42 Å². The molecule has 0 saturated carbocycles. The van der Waals surface area contributed by atoms with Crippen LogP contribution in [0.15, 0.2) is 76.0 Å². The zero-order chi connectivity index (χ0) is 20.4. The first kappa shape index (κ1) is 19.3. The topological polar surface area (TPSA) is 79.8 Å². The van der Waals surface area contributed by atoms with E-state index in [2.05, 4.69) is 22.0 Å². The molecule has 3 aromatic carbocycles. The number of hydrogen-bond acceptors (Lipinski definition) is 5. The van der Waals surface area contributed by atoms with Gasteiger partial charge in [-0.1, -0.05) is 48.9 Å². The molecule has 2 N–H and O–H groups in total. The van der Waals surface area contributed by atoms with Gasteiger partial charge < -0.3 is 15.4 Å². The van der Waals surface area contributed by atoms with Gasteiger partial charge >= 0.3 is 0 Å². The highest BCUT2D eigenvalue weighted by Gasteiger charge is 2.28. The Morgan fingerprint density at radius 3 is 2.45 bits per heavy atom. The summed E-state index contributed by atoms with van der Waals surface area (Å²) in [6, 6.07) is 19.4. The summed E-state index contributed by atoms with van der Waals surface area (Å²) in [6.07, 6.45) is 0.921. The van der Waals surface area contributed by atoms with E-state index < -0.39 is 10.0 Å². The molecule has 8 heteroatoms. The van der Waals surface area contributed by atoms with Gasteiger partial charge in [0.05, 0.1) is 5.02 Å². The first-order valence-electron chi connectivity index (χ1n) is 8.99. The van der Waals surface area contributed by atoms with Crippen molar-refractivity contribution in [2.45, 2.75) is 18.2 Å². The highest BCUT2D eigenvalue weighted by Crippen LogP contribution is 2.39. The van der Waals surface area contributed by atoms with E-state index in [9.17, 15) is 8.42 Å². The van der Waals surface area contributed by atoms with Crippen molar-refractivity contribution < 1.29 is 13.2 Å². The highest BCUT2D eigenvalue weighted by molar-refractivity contribution is 7.90. The third-order valence-electron chi connectivity index (χ3n) is 4.40. The van der Waals surface area contributed by atoms with Gasteiger partial charge in [-0.25, -0.2) is 0 Å². The standard InChI is InChI=1S/C21H18ClN3O3S/c1-2-14-10-12-15(13-11-14)23-21-24-20-18(28-17-7-4-3-6-16(17)22)8-5-9-19(20)29(26,27)25-21/h3-13H,2H2,1H3,(H2,23,24,25). The molecule has 1 aliphatic heterocycles. The Morgan fingerprint density at radius 2 is 1.72 bits per heavy atom. The number of nitrogens with one attached hydrogen (secondary N) is 2. The highest BCUT2D eigenvalue weighted by atomic mass is 35.5. The van der Waals surface area contributed by atoms with E-state index in [1.54, 1.807) is 36.4 Å². The SMILES string of the molecule is CCc1ccc(NC2=NS(=O)(=O)c3cccc(Oc4ccccc4Cl)c3N2)cc1. The lowest BCUT2D eigenvalue weighted by Gasteiger charge is -2.22. The molecule has 0 unspecified atom stereocenters. The maximum atomic E-state index is 12.7. The lowest BCUT2D eigenvalue weighted by atomic mass is 10.1. The summed E-state index contributed by atoms with van der Waals surface area (Å²) in [6.45, 7) is 2.07. The fourth-order valence-corrected chi connectivity index (χ4v) is 4.17. The summed E-state index contributed by atoms with van der Waals surface area (Å²) in [4.78, 5) is 0.0361. The molecule has 4 rings (SSSR count). The van der Waals surface area contributed by atoms with Crippen molar-refractivity contribution in [1.29, 1.82) is 0 Å². The van der Waals surface area contributed by atoms with Gasteiger partial charge in [0, 0.05) is 5.69 Å². The number of aryl methyl sites for hydroxylation is 1. The van der Waals surface area contributed by atoms with Crippen LogP contribution in [0.5, 0.6) is 11.5 Å². The molecular weight excluding hydrogens is 410 g/mol. The molecule has 0 saturated heterocycles. The summed E-state index contributed by atoms with van der Waals surface area (Å²) in [7, 11) is -3.90. The monoisotopic (exact) mass is 427 g/mol. The molecule has 0 aliphatic carbocycles. The maximum absolute atomic E-state index is 12.7. The van der Waals surface area contributed by atoms with Gasteiger partial charge in [0.25, 0.3) is 10.0 Å². The molecule has 0 atom stereocenters. The van der Waals surface area contributed by atoms with Crippen molar-refractivity contribution in [1.82, 2.24) is 0 Å². The van der Waals surface area contributed by atoms with E-state index in [1.165, 1.54) is 11.6 Å². The maximum Gasteiger partial charge on any atom is 0.287 e. The molecule has 0 bridgehead atoms. The average molecular weight is 428 g/mol. The van der Waals surface area contributed by atoms with Crippen molar-refractivity contribution >= 4 is 39.0 Å². The van der Waals surface area contributed by atoms with Crippen LogP contribution >= 0.6 is 11.6 Å². The Kier molecular flexibility index (Phi) is 5.17. The van der Waals surface area contributed by atoms with E-state index in [1.807, 2.05) is 24.3 Å². The minimum atomic E-state index is -3.90. The lowest BCUT2D eigenvalue weighted by molar-refractivity contribution is 0.483. The van der Waals surface area contributed by atoms with Crippen LogP contribution in [-0.4, -0.2) is 14.4 Å². The van der Waals surface area contributed by atoms with Gasteiger partial charge in [-0.05, 0) is 48.4 Å². The van der Waals surface area contributed by atoms with Crippen LogP contribution in [-0.2, 0) is 16.4 Å². The third-order valence-corrected chi connectivity index (χ3v) is 6.03. The molecule has 148 valence electrons. The number of rotatable bonds is 4. The number of para-hydroxylation sites is 2. The van der Waals surface area contributed by atoms with Crippen LogP contribution in [0.4, 0.5) is 11.4 Å². The smallest absolute Gasteiger partial charge is 0.287 e. The summed E-state index contributed by atoms with van der Waals surface area (Å²) >= 11 is 6.17. The van der Waals surface area contributed by atoms with Crippen molar-refractivity contribution in [2.75, 3.05) is 10.6 Å². The number of sulfonamides is 1. The molecule has 0 aromatic heterocycles. The second-order valence-electron chi connectivity index (χ2n) is 6.38. The fourth-order valence-electron chi connectivity index (χ4n) is 2.91. The van der Waals surface area contributed by atoms with Gasteiger partial charge in [0.15, 0.2) is 5.75 Å². The van der Waals surface area contributed by atoms with E-state index in [0.717, 1.165) is 12.1 Å². The number of halogens is 1. The van der Waals surface area contributed by atoms with Crippen molar-refractivity contribution in [3.05, 3.63) is 77.3 Å². The second kappa shape index (κ2) is 7.77. The zero-order valence-electron chi connectivity index (χ0n) is 15.5. The van der Waals surface area contributed by atoms with Crippen LogP contribution < -0.4 is 15.4 Å². The number of ether oxygens (including phenoxy) is 1. The predicted molar refractivity (Wildman–Crippen MR) is 116 cm³/mol. The number of benzene rings is 3. The Hall–Kier alpha value is -3.03. The third kappa shape index (κ3) is 4.06. The van der Waals surface area contributed by atoms with E-state index in [4.69, 9.17) is 16.3 Å². The van der Waals surface area contributed by atoms with E-state index in [-0.39, 0.29) is 10.9 Å². The molecule has 6 nitrogen and oxygen atoms in total. The first-order valence-corrected chi connectivity index (χ1v) is 10.8. The number of hydrogen-bond donors (Lipinski definition) is 2. The fraction of sp³-hybridized carbons (Fsp3) is 0.0952. The second-order valence-corrected chi connectivity index (χ2v) is 8.36. The largest absolute Gasteiger partial charge is 0.454 e. The summed E-state index contributed by atoms with van der Waals surface area (Å²) < 4.78 is 35.1. The molecular formula is C21H18ClN3O3S. The van der Waals surface area contributed by atoms with Crippen LogP contribution in [0.25, 0.3) is 0 Å². The Balaban J connectivity index is 1.67. The molecule has 0 radical (unpaired) electrons. The lowest BCUT2D eigenvalue weighted by Crippen LogP contribution is -2.28. The minimum absolute atomic E-state index is 0.0361. The molecule has 1 heterocycles. The van der Waals surface area contributed by atoms with Gasteiger partial charge in [0.2, 0.25) is 5.96 Å². The molecule has 1 aliphatic rings. The first-order chi connectivity index (χ1) is 14.0. The predicted octanol–water partition coefficient (Wildman–Crippen LogP) is 5.28. The van der Waals surface area contributed by atoms with Crippen molar-refractivity contribution in [3.8, 4) is 11.5 Å². The van der Waals surface area contributed by atoms with Gasteiger partial charge in [-0.3, -0.25) is 0 Å². The number of fused-ring (bicyclic) bond motifs is 1. The van der Waals surface area contributed by atoms with Crippen LogP contribution in [0.3, 0.4) is 0 Å². The Bertz CT molecular complexity index is 1190. The van der Waals surface area contributed by atoms with Crippen LogP contribution in [0.2, 0.25) is 5.02 Å². The molecule has 29 heavy (non-hydrogen) atoms. The Labute approximate surface area is 174 Å².